The molecule has 2 fully saturated rings. The fraction of sp³-hybridized carbons (Fsp3) is 0.484. The fourth-order valence-electron chi connectivity index (χ4n) is 5.65. The van der Waals surface area contributed by atoms with Gasteiger partial charge in [-0.1, -0.05) is 34.5 Å². The Kier molecular flexibility index (Phi) is 9.90. The molecule has 2 aromatic rings. The summed E-state index contributed by atoms with van der Waals surface area (Å²) >= 11 is 0. The SMILES string of the molecule is C#CCOc1ccc(N2CCN(C(=O)On3c(O)c(CNCC4CCN(CC5=CC=CCC5)CC4)[nH]c3=O)CC2)cc1. The first-order valence-electron chi connectivity index (χ1n) is 14.7. The molecule has 1 aromatic heterocycles. The number of terminal acetylenes is 1. The van der Waals surface area contributed by atoms with E-state index in [2.05, 4.69) is 44.2 Å². The van der Waals surface area contributed by atoms with Crippen molar-refractivity contribution in [3.05, 3.63) is 64.2 Å². The number of carbonyl (C=O) groups is 1. The first-order valence-corrected chi connectivity index (χ1v) is 14.7. The van der Waals surface area contributed by atoms with Crippen molar-refractivity contribution in [1.29, 1.82) is 0 Å². The minimum absolute atomic E-state index is 0.217. The maximum Gasteiger partial charge on any atom is 0.434 e. The van der Waals surface area contributed by atoms with Gasteiger partial charge in [-0.05, 0) is 75.5 Å². The van der Waals surface area contributed by atoms with Gasteiger partial charge in [0.2, 0.25) is 0 Å². The largest absolute Gasteiger partial charge is 0.491 e. The van der Waals surface area contributed by atoms with Crippen LogP contribution < -0.4 is 25.5 Å². The summed E-state index contributed by atoms with van der Waals surface area (Å²) in [5.74, 6) is 3.28. The van der Waals surface area contributed by atoms with E-state index in [0.717, 1.165) is 57.5 Å². The number of hydrogen-bond donors (Lipinski definition) is 3. The Morgan fingerprint density at radius 3 is 2.57 bits per heavy atom. The molecule has 0 unspecified atom stereocenters. The zero-order valence-electron chi connectivity index (χ0n) is 24.0. The van der Waals surface area contributed by atoms with E-state index in [1.807, 2.05) is 24.3 Å². The predicted octanol–water partition coefficient (Wildman–Crippen LogP) is 2.34. The van der Waals surface area contributed by atoms with Crippen LogP contribution in [0.5, 0.6) is 11.6 Å². The first-order chi connectivity index (χ1) is 20.5. The number of ether oxygens (including phenoxy) is 1. The van der Waals surface area contributed by atoms with Gasteiger partial charge in [0.15, 0.2) is 0 Å². The number of nitrogens with one attached hydrogen (secondary N) is 2. The highest BCUT2D eigenvalue weighted by atomic mass is 16.7. The number of piperidine rings is 1. The molecule has 3 heterocycles. The number of benzene rings is 1. The molecule has 1 aliphatic carbocycles. The second-order valence-electron chi connectivity index (χ2n) is 11.0. The third-order valence-corrected chi connectivity index (χ3v) is 8.10. The van der Waals surface area contributed by atoms with E-state index < -0.39 is 17.7 Å². The molecule has 3 aliphatic rings. The number of H-pyrrole nitrogens is 1. The summed E-state index contributed by atoms with van der Waals surface area (Å²) in [6.45, 7) is 6.50. The summed E-state index contributed by atoms with van der Waals surface area (Å²) in [5, 5.41) is 13.9. The van der Waals surface area contributed by atoms with Gasteiger partial charge >= 0.3 is 11.8 Å². The second kappa shape index (κ2) is 14.2. The standard InChI is InChI=1S/C31H40N6O5/c1-2-20-41-27-10-8-26(9-11-27)35-16-18-36(19-17-35)31(40)42-37-29(38)28(33-30(37)39)22-32-21-24-12-14-34(15-13-24)23-25-6-4-3-5-7-25/h1,3-4,6,8-11,24,32,38H,5,7,12-23H2,(H,33,39). The molecule has 0 saturated carbocycles. The molecule has 5 rings (SSSR count). The van der Waals surface area contributed by atoms with Crippen LogP contribution in [-0.4, -0.2) is 89.7 Å². The van der Waals surface area contributed by atoms with Crippen LogP contribution >= 0.6 is 0 Å². The van der Waals surface area contributed by atoms with Crippen LogP contribution in [0.25, 0.3) is 0 Å². The van der Waals surface area contributed by atoms with Crippen molar-refractivity contribution < 1.29 is 19.5 Å². The molecule has 11 nitrogen and oxygen atoms in total. The minimum Gasteiger partial charge on any atom is -0.491 e. The van der Waals surface area contributed by atoms with Gasteiger partial charge in [-0.3, -0.25) is 4.90 Å². The van der Waals surface area contributed by atoms with E-state index in [9.17, 15) is 14.7 Å². The van der Waals surface area contributed by atoms with E-state index in [1.54, 1.807) is 0 Å². The second-order valence-corrected chi connectivity index (χ2v) is 11.0. The number of likely N-dealkylation sites (tertiary alicyclic amines) is 1. The molecule has 0 spiro atoms. The lowest BCUT2D eigenvalue weighted by Crippen LogP contribution is -2.51. The quantitative estimate of drug-likeness (QED) is 0.370. The number of aromatic nitrogens is 2. The number of allylic oxidation sites excluding steroid dienone is 3. The van der Waals surface area contributed by atoms with Gasteiger partial charge < -0.3 is 34.8 Å². The average Bonchev–Trinajstić information content (AvgIpc) is 3.29. The fourth-order valence-corrected chi connectivity index (χ4v) is 5.65. The number of aromatic amines is 1. The third kappa shape index (κ3) is 7.57. The summed E-state index contributed by atoms with van der Waals surface area (Å²) in [6.07, 6.45) is 15.7. The maximum atomic E-state index is 12.8. The van der Waals surface area contributed by atoms with Crippen LogP contribution in [0.2, 0.25) is 0 Å². The van der Waals surface area contributed by atoms with E-state index >= 15 is 0 Å². The Hall–Kier alpha value is -4.14. The molecular weight excluding hydrogens is 536 g/mol. The number of nitrogens with zero attached hydrogens (tertiary/aromatic N) is 4. The van der Waals surface area contributed by atoms with Crippen molar-refractivity contribution in [3.8, 4) is 24.0 Å². The molecule has 0 radical (unpaired) electrons. The monoisotopic (exact) mass is 576 g/mol. The molecule has 0 bridgehead atoms. The van der Waals surface area contributed by atoms with Crippen molar-refractivity contribution in [1.82, 2.24) is 24.8 Å². The Bertz CT molecular complexity index is 1360. The van der Waals surface area contributed by atoms with Crippen LogP contribution in [-0.2, 0) is 6.54 Å². The highest BCUT2D eigenvalue weighted by molar-refractivity contribution is 5.68. The van der Waals surface area contributed by atoms with E-state index in [1.165, 1.54) is 10.5 Å². The number of anilines is 1. The van der Waals surface area contributed by atoms with E-state index in [-0.39, 0.29) is 13.2 Å². The minimum atomic E-state index is -0.691. The molecule has 2 saturated heterocycles. The Morgan fingerprint density at radius 1 is 1.12 bits per heavy atom. The van der Waals surface area contributed by atoms with Gasteiger partial charge in [0.25, 0.3) is 5.88 Å². The van der Waals surface area contributed by atoms with Gasteiger partial charge in [0, 0.05) is 45.0 Å². The van der Waals surface area contributed by atoms with Crippen LogP contribution in [0.4, 0.5) is 10.5 Å². The van der Waals surface area contributed by atoms with Crippen LogP contribution in [0, 0.1) is 18.3 Å². The molecule has 11 heteroatoms. The van der Waals surface area contributed by atoms with Crippen molar-refractivity contribution in [2.75, 3.05) is 63.9 Å². The zero-order valence-corrected chi connectivity index (χ0v) is 24.0. The molecular formula is C31H40N6O5. The van der Waals surface area contributed by atoms with Crippen molar-refractivity contribution in [3.63, 3.8) is 0 Å². The number of rotatable bonds is 10. The van der Waals surface area contributed by atoms with Gasteiger partial charge in [-0.2, -0.15) is 0 Å². The molecule has 0 atom stereocenters. The number of hydrogen-bond acceptors (Lipinski definition) is 8. The lowest BCUT2D eigenvalue weighted by Gasteiger charge is -2.35. The van der Waals surface area contributed by atoms with Gasteiger partial charge in [0.1, 0.15) is 12.4 Å². The molecule has 3 N–H and O–H groups in total. The Balaban J connectivity index is 1.04. The number of aromatic hydroxyl groups is 1. The summed E-state index contributed by atoms with van der Waals surface area (Å²) in [5.41, 5.74) is 2.12. The maximum absolute atomic E-state index is 12.8. The van der Waals surface area contributed by atoms with Crippen LogP contribution in [0.15, 0.2) is 52.9 Å². The van der Waals surface area contributed by atoms with Crippen molar-refractivity contribution in [2.45, 2.75) is 32.2 Å². The van der Waals surface area contributed by atoms with Gasteiger partial charge in [0.05, 0.1) is 5.69 Å². The van der Waals surface area contributed by atoms with Crippen molar-refractivity contribution in [2.24, 2.45) is 5.92 Å². The predicted molar refractivity (Wildman–Crippen MR) is 161 cm³/mol. The molecule has 1 aromatic carbocycles. The number of imidazole rings is 1. The normalized spacial score (nSPS) is 18.0. The smallest absolute Gasteiger partial charge is 0.434 e. The number of carbonyl (C=O) groups excluding carboxylic acids is 1. The van der Waals surface area contributed by atoms with Crippen LogP contribution in [0.1, 0.15) is 31.4 Å². The number of amides is 1. The summed E-state index contributed by atoms with van der Waals surface area (Å²) in [6, 6.07) is 7.62. The zero-order chi connectivity index (χ0) is 29.3. The molecule has 2 aliphatic heterocycles. The summed E-state index contributed by atoms with van der Waals surface area (Å²) in [4.78, 5) is 39.3. The van der Waals surface area contributed by atoms with E-state index in [4.69, 9.17) is 16.0 Å². The third-order valence-electron chi connectivity index (χ3n) is 8.10. The topological polar surface area (TPSA) is 115 Å². The molecule has 42 heavy (non-hydrogen) atoms. The highest BCUT2D eigenvalue weighted by Gasteiger charge is 2.26. The lowest BCUT2D eigenvalue weighted by atomic mass is 9.95. The summed E-state index contributed by atoms with van der Waals surface area (Å²) in [7, 11) is 0. The first kappa shape index (κ1) is 29.4. The average molecular weight is 577 g/mol. The Morgan fingerprint density at radius 2 is 1.88 bits per heavy atom. The van der Waals surface area contributed by atoms with Gasteiger partial charge in [-0.25, -0.2) is 9.59 Å². The van der Waals surface area contributed by atoms with Crippen molar-refractivity contribution >= 4 is 11.8 Å². The van der Waals surface area contributed by atoms with Crippen LogP contribution in [0.3, 0.4) is 0 Å². The molecule has 224 valence electrons. The summed E-state index contributed by atoms with van der Waals surface area (Å²) < 4.78 is 6.05. The van der Waals surface area contributed by atoms with E-state index in [0.29, 0.717) is 48.3 Å². The highest BCUT2D eigenvalue weighted by Crippen LogP contribution is 2.22. The lowest BCUT2D eigenvalue weighted by molar-refractivity contribution is 0.0779. The number of piperazine rings is 1. The molecule has 1 amide bonds. The van der Waals surface area contributed by atoms with Gasteiger partial charge in [-0.15, -0.1) is 6.42 Å². The Labute approximate surface area is 246 Å².